The molecule has 0 aliphatic carbocycles. The smallest absolute Gasteiger partial charge is 0.207 e. The molecule has 0 spiro atoms. The lowest BCUT2D eigenvalue weighted by Gasteiger charge is -2.20. The fraction of sp³-hybridized carbons (Fsp3) is 0.316. The lowest BCUT2D eigenvalue weighted by molar-refractivity contribution is 0.428. The summed E-state index contributed by atoms with van der Waals surface area (Å²) in [5.74, 6) is 0.772. The molecule has 25 heavy (non-hydrogen) atoms. The van der Waals surface area contributed by atoms with Crippen LogP contribution in [-0.2, 0) is 10.0 Å². The summed E-state index contributed by atoms with van der Waals surface area (Å²) in [6, 6.07) is 16.5. The lowest BCUT2D eigenvalue weighted by atomic mass is 10.0. The standard InChI is InChI=1S/C19H20N2O2S2/c1-15-4-2-3-5-18(15)19-10-11-21(12-13-24-19)25(22,23)17-8-6-16(14-20)7-9-17/h2-9,19H,10-13H2,1H3. The minimum absolute atomic E-state index is 0.255. The van der Waals surface area contributed by atoms with E-state index < -0.39 is 10.0 Å². The van der Waals surface area contributed by atoms with E-state index >= 15 is 0 Å². The molecule has 1 unspecified atom stereocenters. The highest BCUT2D eigenvalue weighted by atomic mass is 32.2. The molecule has 1 fully saturated rings. The summed E-state index contributed by atoms with van der Waals surface area (Å²) in [6.45, 7) is 3.12. The van der Waals surface area contributed by atoms with Crippen LogP contribution >= 0.6 is 11.8 Å². The molecular weight excluding hydrogens is 352 g/mol. The Morgan fingerprint density at radius 1 is 1.12 bits per heavy atom. The zero-order valence-electron chi connectivity index (χ0n) is 14.1. The summed E-state index contributed by atoms with van der Waals surface area (Å²) in [5.41, 5.74) is 3.01. The van der Waals surface area contributed by atoms with Gasteiger partial charge in [-0.2, -0.15) is 21.3 Å². The average molecular weight is 373 g/mol. The van der Waals surface area contributed by atoms with Crippen LogP contribution in [0.4, 0.5) is 0 Å². The topological polar surface area (TPSA) is 61.2 Å². The van der Waals surface area contributed by atoms with Gasteiger partial charge in [-0.3, -0.25) is 0 Å². The summed E-state index contributed by atoms with van der Waals surface area (Å²) in [5, 5.41) is 9.19. The molecule has 1 atom stereocenters. The summed E-state index contributed by atoms with van der Waals surface area (Å²) in [7, 11) is -3.52. The predicted molar refractivity (Wildman–Crippen MR) is 101 cm³/mol. The molecular formula is C19H20N2O2S2. The summed E-state index contributed by atoms with van der Waals surface area (Å²) in [6.07, 6.45) is 0.797. The van der Waals surface area contributed by atoms with Crippen LogP contribution in [0.5, 0.6) is 0 Å². The van der Waals surface area contributed by atoms with Crippen LogP contribution in [0.15, 0.2) is 53.4 Å². The van der Waals surface area contributed by atoms with Crippen LogP contribution in [0, 0.1) is 18.3 Å². The molecule has 0 aromatic heterocycles. The highest BCUT2D eigenvalue weighted by Crippen LogP contribution is 2.36. The summed E-state index contributed by atoms with van der Waals surface area (Å²) < 4.78 is 27.3. The van der Waals surface area contributed by atoms with Crippen molar-refractivity contribution in [3.05, 3.63) is 65.2 Å². The Hall–Kier alpha value is -1.81. The third kappa shape index (κ3) is 3.90. The van der Waals surface area contributed by atoms with E-state index in [2.05, 4.69) is 19.1 Å². The van der Waals surface area contributed by atoms with E-state index in [1.807, 2.05) is 30.0 Å². The number of sulfonamides is 1. The molecule has 6 heteroatoms. The second kappa shape index (κ2) is 7.61. The van der Waals surface area contributed by atoms with Crippen molar-refractivity contribution in [2.45, 2.75) is 23.5 Å². The molecule has 0 saturated carbocycles. The fourth-order valence-corrected chi connectivity index (χ4v) is 5.93. The highest BCUT2D eigenvalue weighted by Gasteiger charge is 2.28. The van der Waals surface area contributed by atoms with Gasteiger partial charge >= 0.3 is 0 Å². The Balaban J connectivity index is 1.78. The zero-order chi connectivity index (χ0) is 17.9. The van der Waals surface area contributed by atoms with Gasteiger partial charge in [-0.15, -0.1) is 0 Å². The van der Waals surface area contributed by atoms with Crippen molar-refractivity contribution in [1.29, 1.82) is 5.26 Å². The van der Waals surface area contributed by atoms with Gasteiger partial charge in [0.1, 0.15) is 0 Å². The first kappa shape index (κ1) is 18.0. The summed E-state index contributed by atoms with van der Waals surface area (Å²) >= 11 is 1.82. The molecule has 1 aliphatic heterocycles. The first-order valence-electron chi connectivity index (χ1n) is 8.20. The highest BCUT2D eigenvalue weighted by molar-refractivity contribution is 7.99. The SMILES string of the molecule is Cc1ccccc1C1CCN(S(=O)(=O)c2ccc(C#N)cc2)CCS1. The number of hydrogen-bond acceptors (Lipinski definition) is 4. The van der Waals surface area contributed by atoms with Gasteiger partial charge in [0.25, 0.3) is 0 Å². The predicted octanol–water partition coefficient (Wildman–Crippen LogP) is 3.74. The van der Waals surface area contributed by atoms with Gasteiger partial charge in [0, 0.05) is 24.1 Å². The number of thioether (sulfide) groups is 1. The Morgan fingerprint density at radius 3 is 2.52 bits per heavy atom. The number of nitrogens with zero attached hydrogens (tertiary/aromatic N) is 2. The van der Waals surface area contributed by atoms with Gasteiger partial charge < -0.3 is 0 Å². The van der Waals surface area contributed by atoms with Gasteiger partial charge in [0.05, 0.1) is 16.5 Å². The molecule has 1 saturated heterocycles. The third-order valence-corrected chi connectivity index (χ3v) is 7.68. The molecule has 130 valence electrons. The van der Waals surface area contributed by atoms with Crippen LogP contribution in [0.1, 0.15) is 28.4 Å². The van der Waals surface area contributed by atoms with Crippen molar-refractivity contribution in [3.8, 4) is 6.07 Å². The van der Waals surface area contributed by atoms with Crippen molar-refractivity contribution in [1.82, 2.24) is 4.31 Å². The van der Waals surface area contributed by atoms with Gasteiger partial charge in [-0.05, 0) is 48.7 Å². The number of aryl methyl sites for hydroxylation is 1. The Labute approximate surface area is 153 Å². The lowest BCUT2D eigenvalue weighted by Crippen LogP contribution is -2.33. The minimum Gasteiger partial charge on any atom is -0.207 e. The van der Waals surface area contributed by atoms with E-state index in [0.717, 1.165) is 12.2 Å². The molecule has 0 amide bonds. The molecule has 0 radical (unpaired) electrons. The first-order valence-corrected chi connectivity index (χ1v) is 10.7. The quantitative estimate of drug-likeness (QED) is 0.823. The van der Waals surface area contributed by atoms with Gasteiger partial charge in [0.2, 0.25) is 10.0 Å². The zero-order valence-corrected chi connectivity index (χ0v) is 15.7. The van der Waals surface area contributed by atoms with Crippen LogP contribution in [0.25, 0.3) is 0 Å². The van der Waals surface area contributed by atoms with E-state index in [9.17, 15) is 8.42 Å². The maximum atomic E-state index is 12.9. The van der Waals surface area contributed by atoms with E-state index in [1.54, 1.807) is 16.4 Å². The Kier molecular flexibility index (Phi) is 5.48. The maximum Gasteiger partial charge on any atom is 0.243 e. The Bertz CT molecular complexity index is 886. The molecule has 2 aromatic rings. The van der Waals surface area contributed by atoms with Crippen LogP contribution in [-0.4, -0.2) is 31.6 Å². The van der Waals surface area contributed by atoms with Crippen molar-refractivity contribution >= 4 is 21.8 Å². The van der Waals surface area contributed by atoms with Crippen molar-refractivity contribution < 1.29 is 8.42 Å². The largest absolute Gasteiger partial charge is 0.243 e. The Morgan fingerprint density at radius 2 is 1.84 bits per heavy atom. The summed E-state index contributed by atoms with van der Waals surface area (Å²) in [4.78, 5) is 0.255. The molecule has 4 nitrogen and oxygen atoms in total. The van der Waals surface area contributed by atoms with Crippen molar-refractivity contribution in [3.63, 3.8) is 0 Å². The van der Waals surface area contributed by atoms with E-state index in [4.69, 9.17) is 5.26 Å². The third-order valence-electron chi connectivity index (χ3n) is 4.46. The molecule has 2 aromatic carbocycles. The van der Waals surface area contributed by atoms with Gasteiger partial charge in [-0.25, -0.2) is 8.42 Å². The molecule has 1 heterocycles. The minimum atomic E-state index is -3.52. The number of nitriles is 1. The van der Waals surface area contributed by atoms with Crippen LogP contribution < -0.4 is 0 Å². The van der Waals surface area contributed by atoms with Crippen LogP contribution in [0.3, 0.4) is 0 Å². The van der Waals surface area contributed by atoms with Gasteiger partial charge in [-0.1, -0.05) is 24.3 Å². The molecule has 0 bridgehead atoms. The maximum absolute atomic E-state index is 12.9. The van der Waals surface area contributed by atoms with Crippen molar-refractivity contribution in [2.24, 2.45) is 0 Å². The molecule has 0 N–H and O–H groups in total. The van der Waals surface area contributed by atoms with E-state index in [-0.39, 0.29) is 4.90 Å². The van der Waals surface area contributed by atoms with Crippen molar-refractivity contribution in [2.75, 3.05) is 18.8 Å². The number of rotatable bonds is 3. The number of hydrogen-bond donors (Lipinski definition) is 0. The number of benzene rings is 2. The average Bonchev–Trinajstić information content (AvgIpc) is 2.89. The second-order valence-electron chi connectivity index (χ2n) is 6.04. The van der Waals surface area contributed by atoms with E-state index in [1.165, 1.54) is 23.3 Å². The second-order valence-corrected chi connectivity index (χ2v) is 9.29. The van der Waals surface area contributed by atoms with Gasteiger partial charge in [0.15, 0.2) is 0 Å². The molecule has 1 aliphatic rings. The fourth-order valence-electron chi connectivity index (χ4n) is 3.04. The van der Waals surface area contributed by atoms with Crippen LogP contribution in [0.2, 0.25) is 0 Å². The normalized spacial score (nSPS) is 19.1. The molecule has 3 rings (SSSR count). The van der Waals surface area contributed by atoms with E-state index in [0.29, 0.717) is 23.9 Å². The first-order chi connectivity index (χ1) is 12.0. The monoisotopic (exact) mass is 372 g/mol.